The van der Waals surface area contributed by atoms with E-state index in [1.165, 1.54) is 11.3 Å². The fourth-order valence-electron chi connectivity index (χ4n) is 2.98. The van der Waals surface area contributed by atoms with Crippen LogP contribution in [0, 0.1) is 11.6 Å². The number of carbonyl (C=O) groups excluding carboxylic acids is 1. The maximum atomic E-state index is 13.8. The first kappa shape index (κ1) is 18.0. The predicted octanol–water partition coefficient (Wildman–Crippen LogP) is 3.66. The molecule has 0 spiro atoms. The number of rotatable bonds is 4. The summed E-state index contributed by atoms with van der Waals surface area (Å²) in [5.41, 5.74) is 1.71. The molecule has 2 aromatic carbocycles. The number of anilines is 1. The Bertz CT molecular complexity index is 986. The second kappa shape index (κ2) is 7.67. The van der Waals surface area contributed by atoms with E-state index in [2.05, 4.69) is 21.3 Å². The van der Waals surface area contributed by atoms with Gasteiger partial charge in [0.15, 0.2) is 5.13 Å². The number of thiazole rings is 1. The minimum atomic E-state index is -0.901. The van der Waals surface area contributed by atoms with Gasteiger partial charge >= 0.3 is 0 Å². The van der Waals surface area contributed by atoms with Crippen LogP contribution < -0.4 is 5.32 Å². The van der Waals surface area contributed by atoms with Crippen LogP contribution in [0.4, 0.5) is 13.9 Å². The van der Waals surface area contributed by atoms with Crippen LogP contribution >= 0.6 is 11.3 Å². The van der Waals surface area contributed by atoms with Gasteiger partial charge in [-0.3, -0.25) is 15.0 Å². The molecule has 5 nitrogen and oxygen atoms in total. The quantitative estimate of drug-likeness (QED) is 0.740. The molecule has 1 N–H and O–H groups in total. The Kier molecular flexibility index (Phi) is 5.11. The number of amides is 1. The standard InChI is InChI=1S/C19H17F2N3O2S/c20-13-2-3-14(15(21)10-13)18(25)23-19-22-16-4-1-12(9-17(16)27-19)11-24-5-7-26-8-6-24/h1-4,9-10H,5-8,11H2,(H,22,23,25). The number of hydrogen-bond donors (Lipinski definition) is 1. The van der Waals surface area contributed by atoms with Gasteiger partial charge in [-0.05, 0) is 29.8 Å². The van der Waals surface area contributed by atoms with Gasteiger partial charge in [0, 0.05) is 25.7 Å². The Morgan fingerprint density at radius 1 is 1.19 bits per heavy atom. The fourth-order valence-corrected chi connectivity index (χ4v) is 3.90. The van der Waals surface area contributed by atoms with E-state index in [1.807, 2.05) is 12.1 Å². The van der Waals surface area contributed by atoms with E-state index in [9.17, 15) is 13.6 Å². The zero-order valence-corrected chi connectivity index (χ0v) is 15.2. The molecule has 3 aromatic rings. The second-order valence-corrected chi connectivity index (χ2v) is 7.32. The fraction of sp³-hybridized carbons (Fsp3) is 0.263. The lowest BCUT2D eigenvalue weighted by Crippen LogP contribution is -2.35. The summed E-state index contributed by atoms with van der Waals surface area (Å²) in [4.78, 5) is 18.9. The van der Waals surface area contributed by atoms with Crippen LogP contribution in [-0.2, 0) is 11.3 Å². The van der Waals surface area contributed by atoms with Crippen LogP contribution in [0.2, 0.25) is 0 Å². The summed E-state index contributed by atoms with van der Waals surface area (Å²) in [6.45, 7) is 4.15. The minimum absolute atomic E-state index is 0.219. The third kappa shape index (κ3) is 4.13. The number of benzene rings is 2. The summed E-state index contributed by atoms with van der Waals surface area (Å²) in [5, 5.41) is 2.96. The smallest absolute Gasteiger partial charge is 0.260 e. The van der Waals surface area contributed by atoms with Gasteiger partial charge in [-0.15, -0.1) is 0 Å². The Labute approximate surface area is 158 Å². The summed E-state index contributed by atoms with van der Waals surface area (Å²) in [6, 6.07) is 8.84. The molecule has 1 amide bonds. The van der Waals surface area contributed by atoms with Crippen LogP contribution in [0.1, 0.15) is 15.9 Å². The molecule has 8 heteroatoms. The molecule has 0 aliphatic carbocycles. The summed E-state index contributed by atoms with van der Waals surface area (Å²) in [5.74, 6) is -2.28. The number of halogens is 2. The molecule has 0 radical (unpaired) electrons. The van der Waals surface area contributed by atoms with Crippen molar-refractivity contribution >= 4 is 32.6 Å². The number of morpholine rings is 1. The number of fused-ring (bicyclic) bond motifs is 1. The van der Waals surface area contributed by atoms with Crippen LogP contribution in [0.15, 0.2) is 36.4 Å². The van der Waals surface area contributed by atoms with E-state index in [0.717, 1.165) is 60.8 Å². The molecule has 0 atom stereocenters. The monoisotopic (exact) mass is 389 g/mol. The topological polar surface area (TPSA) is 54.5 Å². The van der Waals surface area contributed by atoms with Crippen molar-refractivity contribution in [3.63, 3.8) is 0 Å². The third-order valence-electron chi connectivity index (χ3n) is 4.36. The van der Waals surface area contributed by atoms with Crippen molar-refractivity contribution in [2.45, 2.75) is 6.54 Å². The van der Waals surface area contributed by atoms with Crippen LogP contribution in [-0.4, -0.2) is 42.1 Å². The van der Waals surface area contributed by atoms with Gasteiger partial charge < -0.3 is 4.74 Å². The molecule has 1 aromatic heterocycles. The Hall–Kier alpha value is -2.42. The molecule has 2 heterocycles. The van der Waals surface area contributed by atoms with Crippen molar-refractivity contribution < 1.29 is 18.3 Å². The van der Waals surface area contributed by atoms with Gasteiger partial charge in [0.2, 0.25) is 0 Å². The van der Waals surface area contributed by atoms with Crippen molar-refractivity contribution in [3.8, 4) is 0 Å². The Balaban J connectivity index is 1.50. The van der Waals surface area contributed by atoms with Crippen LogP contribution in [0.3, 0.4) is 0 Å². The van der Waals surface area contributed by atoms with Gasteiger partial charge in [-0.1, -0.05) is 17.4 Å². The number of nitrogens with one attached hydrogen (secondary N) is 1. The first-order valence-electron chi connectivity index (χ1n) is 8.54. The van der Waals surface area contributed by atoms with E-state index in [0.29, 0.717) is 11.2 Å². The largest absolute Gasteiger partial charge is 0.379 e. The molecule has 27 heavy (non-hydrogen) atoms. The highest BCUT2D eigenvalue weighted by Crippen LogP contribution is 2.28. The zero-order chi connectivity index (χ0) is 18.8. The second-order valence-electron chi connectivity index (χ2n) is 6.29. The van der Waals surface area contributed by atoms with Gasteiger partial charge in [0.1, 0.15) is 11.6 Å². The van der Waals surface area contributed by atoms with E-state index in [-0.39, 0.29) is 5.56 Å². The van der Waals surface area contributed by atoms with Crippen molar-refractivity contribution in [1.29, 1.82) is 0 Å². The average molecular weight is 389 g/mol. The molecule has 4 rings (SSSR count). The molecule has 140 valence electrons. The lowest BCUT2D eigenvalue weighted by Gasteiger charge is -2.26. The number of ether oxygens (including phenoxy) is 1. The SMILES string of the molecule is O=C(Nc1nc2ccc(CN3CCOCC3)cc2s1)c1ccc(F)cc1F. The number of aromatic nitrogens is 1. The average Bonchev–Trinajstić information content (AvgIpc) is 3.04. The zero-order valence-electron chi connectivity index (χ0n) is 14.4. The molecule has 1 fully saturated rings. The van der Waals surface area contributed by atoms with Crippen molar-refractivity contribution in [2.24, 2.45) is 0 Å². The summed E-state index contributed by atoms with van der Waals surface area (Å²) >= 11 is 1.32. The molecule has 0 saturated carbocycles. The highest BCUT2D eigenvalue weighted by Gasteiger charge is 2.16. The summed E-state index contributed by atoms with van der Waals surface area (Å²) < 4.78 is 33.0. The maximum Gasteiger partial charge on any atom is 0.260 e. The molecule has 1 aliphatic heterocycles. The summed E-state index contributed by atoms with van der Waals surface area (Å²) in [6.07, 6.45) is 0. The highest BCUT2D eigenvalue weighted by atomic mass is 32.1. The van der Waals surface area contributed by atoms with Crippen molar-refractivity contribution in [3.05, 3.63) is 59.2 Å². The van der Waals surface area contributed by atoms with E-state index < -0.39 is 17.5 Å². The molecular formula is C19H17F2N3O2S. The first-order valence-corrected chi connectivity index (χ1v) is 9.36. The van der Waals surface area contributed by atoms with Crippen LogP contribution in [0.25, 0.3) is 10.2 Å². The maximum absolute atomic E-state index is 13.8. The highest BCUT2D eigenvalue weighted by molar-refractivity contribution is 7.22. The summed E-state index contributed by atoms with van der Waals surface area (Å²) in [7, 11) is 0. The minimum Gasteiger partial charge on any atom is -0.379 e. The van der Waals surface area contributed by atoms with E-state index in [4.69, 9.17) is 4.74 Å². The van der Waals surface area contributed by atoms with E-state index in [1.54, 1.807) is 0 Å². The number of hydrogen-bond acceptors (Lipinski definition) is 5. The predicted molar refractivity (Wildman–Crippen MR) is 100 cm³/mol. The molecule has 1 saturated heterocycles. The lowest BCUT2D eigenvalue weighted by atomic mass is 10.2. The first-order chi connectivity index (χ1) is 13.1. The molecule has 0 bridgehead atoms. The van der Waals surface area contributed by atoms with Gasteiger partial charge in [0.05, 0.1) is 29.0 Å². The van der Waals surface area contributed by atoms with Gasteiger partial charge in [-0.2, -0.15) is 0 Å². The van der Waals surface area contributed by atoms with Crippen molar-refractivity contribution in [1.82, 2.24) is 9.88 Å². The van der Waals surface area contributed by atoms with E-state index >= 15 is 0 Å². The Morgan fingerprint density at radius 3 is 2.78 bits per heavy atom. The molecule has 0 unspecified atom stereocenters. The Morgan fingerprint density at radius 2 is 2.00 bits per heavy atom. The van der Waals surface area contributed by atoms with Crippen LogP contribution in [0.5, 0.6) is 0 Å². The van der Waals surface area contributed by atoms with Crippen molar-refractivity contribution in [2.75, 3.05) is 31.6 Å². The van der Waals surface area contributed by atoms with Gasteiger partial charge in [0.25, 0.3) is 5.91 Å². The molecular weight excluding hydrogens is 372 g/mol. The molecule has 1 aliphatic rings. The number of carbonyl (C=O) groups is 1. The van der Waals surface area contributed by atoms with Gasteiger partial charge in [-0.25, -0.2) is 13.8 Å². The third-order valence-corrected chi connectivity index (χ3v) is 5.29. The lowest BCUT2D eigenvalue weighted by molar-refractivity contribution is 0.0342. The number of nitrogens with zero attached hydrogens (tertiary/aromatic N) is 2. The normalized spacial score (nSPS) is 15.2.